The molecule has 84 valence electrons. The largest absolute Gasteiger partial charge is 0.331 e. The number of carbonyl (C=O) groups excluding carboxylic acids is 1. The van der Waals surface area contributed by atoms with E-state index in [0.29, 0.717) is 12.4 Å². The molecule has 0 spiro atoms. The summed E-state index contributed by atoms with van der Waals surface area (Å²) >= 11 is 0. The number of amides is 2. The molecule has 2 amide bonds. The number of aromatic nitrogens is 1. The van der Waals surface area contributed by atoms with Gasteiger partial charge in [-0.05, 0) is 12.1 Å². The minimum Gasteiger partial charge on any atom is -0.331 e. The Labute approximate surface area is 94.7 Å². The first-order chi connectivity index (χ1) is 7.63. The molecule has 16 heavy (non-hydrogen) atoms. The molecule has 1 rings (SSSR count). The van der Waals surface area contributed by atoms with Crippen molar-refractivity contribution in [3.05, 3.63) is 23.9 Å². The molecule has 5 heteroatoms. The summed E-state index contributed by atoms with van der Waals surface area (Å²) in [6.07, 6.45) is 1.59. The lowest BCUT2D eigenvalue weighted by Crippen LogP contribution is -2.27. The van der Waals surface area contributed by atoms with Crippen LogP contribution in [0.4, 0.5) is 10.6 Å². The summed E-state index contributed by atoms with van der Waals surface area (Å²) in [5.41, 5.74) is 6.04. The van der Waals surface area contributed by atoms with E-state index in [4.69, 9.17) is 5.73 Å². The number of rotatable bonds is 1. The average molecular weight is 218 g/mol. The topological polar surface area (TPSA) is 71.2 Å². The predicted octanol–water partition coefficient (Wildman–Crippen LogP) is 0.485. The van der Waals surface area contributed by atoms with E-state index in [9.17, 15) is 4.79 Å². The molecule has 0 fully saturated rings. The molecule has 5 nitrogen and oxygen atoms in total. The zero-order chi connectivity index (χ0) is 12.0. The first-order valence-electron chi connectivity index (χ1n) is 4.77. The maximum absolute atomic E-state index is 11.4. The fraction of sp³-hybridized carbons (Fsp3) is 0.273. The molecule has 0 aliphatic carbocycles. The van der Waals surface area contributed by atoms with Gasteiger partial charge in [-0.25, -0.2) is 9.78 Å². The van der Waals surface area contributed by atoms with Crippen molar-refractivity contribution in [2.24, 2.45) is 5.73 Å². The van der Waals surface area contributed by atoms with E-state index < -0.39 is 0 Å². The van der Waals surface area contributed by atoms with Crippen LogP contribution in [-0.4, -0.2) is 36.6 Å². The summed E-state index contributed by atoms with van der Waals surface area (Å²) < 4.78 is 0. The molecule has 0 aromatic carbocycles. The van der Waals surface area contributed by atoms with E-state index in [1.807, 2.05) is 0 Å². The van der Waals surface area contributed by atoms with Crippen molar-refractivity contribution in [3.8, 4) is 11.8 Å². The van der Waals surface area contributed by atoms with E-state index in [2.05, 4.69) is 22.1 Å². The maximum Gasteiger partial charge on any atom is 0.322 e. The normalized spacial score (nSPS) is 8.94. The lowest BCUT2D eigenvalue weighted by Gasteiger charge is -2.11. The first-order valence-corrected chi connectivity index (χ1v) is 4.77. The second-order valence-corrected chi connectivity index (χ2v) is 3.26. The number of nitrogens with zero attached hydrogens (tertiary/aromatic N) is 2. The van der Waals surface area contributed by atoms with E-state index in [1.54, 1.807) is 32.4 Å². The van der Waals surface area contributed by atoms with E-state index >= 15 is 0 Å². The van der Waals surface area contributed by atoms with Crippen LogP contribution in [-0.2, 0) is 0 Å². The molecule has 1 aromatic heterocycles. The average Bonchev–Trinajstić information content (AvgIpc) is 2.26. The van der Waals surface area contributed by atoms with Crippen LogP contribution in [0.3, 0.4) is 0 Å². The van der Waals surface area contributed by atoms with Crippen LogP contribution in [0.2, 0.25) is 0 Å². The van der Waals surface area contributed by atoms with Gasteiger partial charge in [-0.15, -0.1) is 0 Å². The highest BCUT2D eigenvalue weighted by Crippen LogP contribution is 2.05. The number of pyridine rings is 1. The van der Waals surface area contributed by atoms with Gasteiger partial charge in [-0.1, -0.05) is 11.8 Å². The summed E-state index contributed by atoms with van der Waals surface area (Å²) in [4.78, 5) is 16.8. The molecule has 0 aliphatic rings. The Morgan fingerprint density at radius 2 is 2.38 bits per heavy atom. The Kier molecular flexibility index (Phi) is 4.30. The van der Waals surface area contributed by atoms with Crippen LogP contribution in [0, 0.1) is 11.8 Å². The fourth-order valence-corrected chi connectivity index (χ4v) is 0.951. The Bertz CT molecular complexity index is 431. The number of carbonyl (C=O) groups is 1. The van der Waals surface area contributed by atoms with E-state index in [-0.39, 0.29) is 6.03 Å². The van der Waals surface area contributed by atoms with Crippen LogP contribution in [0.15, 0.2) is 18.3 Å². The van der Waals surface area contributed by atoms with Gasteiger partial charge in [0.2, 0.25) is 0 Å². The van der Waals surface area contributed by atoms with Crippen molar-refractivity contribution in [2.75, 3.05) is 26.0 Å². The number of anilines is 1. The number of hydrogen-bond donors (Lipinski definition) is 2. The van der Waals surface area contributed by atoms with Gasteiger partial charge in [-0.3, -0.25) is 5.32 Å². The number of urea groups is 1. The Morgan fingerprint density at radius 1 is 1.62 bits per heavy atom. The van der Waals surface area contributed by atoms with Crippen molar-refractivity contribution < 1.29 is 4.79 Å². The van der Waals surface area contributed by atoms with Gasteiger partial charge in [0.1, 0.15) is 5.82 Å². The molecule has 0 saturated heterocycles. The molecular formula is C11H14N4O. The summed E-state index contributed by atoms with van der Waals surface area (Å²) in [6, 6.07) is 3.23. The van der Waals surface area contributed by atoms with Crippen LogP contribution >= 0.6 is 0 Å². The monoisotopic (exact) mass is 218 g/mol. The Balaban J connectivity index is 2.78. The summed E-state index contributed by atoms with van der Waals surface area (Å²) in [7, 11) is 3.32. The Hall–Kier alpha value is -2.06. The van der Waals surface area contributed by atoms with Gasteiger partial charge in [0.15, 0.2) is 0 Å². The summed E-state index contributed by atoms with van der Waals surface area (Å²) in [5, 5.41) is 2.64. The summed E-state index contributed by atoms with van der Waals surface area (Å²) in [5.74, 6) is 6.08. The van der Waals surface area contributed by atoms with Gasteiger partial charge in [0.25, 0.3) is 0 Å². The molecule has 0 atom stereocenters. The maximum atomic E-state index is 11.4. The molecule has 0 aliphatic heterocycles. The van der Waals surface area contributed by atoms with Gasteiger partial charge in [0.05, 0.1) is 6.54 Å². The molecule has 0 radical (unpaired) electrons. The molecular weight excluding hydrogens is 204 g/mol. The minimum absolute atomic E-state index is 0.226. The SMILES string of the molecule is CN(C)C(=O)Nc1cc(C#CCN)ccn1. The highest BCUT2D eigenvalue weighted by molar-refractivity contribution is 5.88. The second kappa shape index (κ2) is 5.73. The molecule has 0 saturated carbocycles. The number of nitrogens with one attached hydrogen (secondary N) is 1. The first kappa shape index (κ1) is 12.0. The number of nitrogens with two attached hydrogens (primary N) is 1. The lowest BCUT2D eigenvalue weighted by atomic mass is 10.2. The molecule has 1 aromatic rings. The summed E-state index contributed by atoms with van der Waals surface area (Å²) in [6.45, 7) is 0.307. The van der Waals surface area contributed by atoms with Crippen LogP contribution in [0.5, 0.6) is 0 Å². The predicted molar refractivity (Wildman–Crippen MR) is 62.9 cm³/mol. The zero-order valence-electron chi connectivity index (χ0n) is 9.32. The smallest absolute Gasteiger partial charge is 0.322 e. The van der Waals surface area contributed by atoms with Crippen molar-refractivity contribution >= 4 is 11.8 Å². The van der Waals surface area contributed by atoms with Crippen molar-refractivity contribution in [2.45, 2.75) is 0 Å². The molecule has 3 N–H and O–H groups in total. The zero-order valence-corrected chi connectivity index (χ0v) is 9.32. The third-order valence-electron chi connectivity index (χ3n) is 1.74. The quantitative estimate of drug-likeness (QED) is 0.674. The standard InChI is InChI=1S/C11H14N4O/c1-15(2)11(16)14-10-8-9(4-3-6-12)5-7-13-10/h5,7-8H,6,12H2,1-2H3,(H,13,14,16). The number of hydrogen-bond acceptors (Lipinski definition) is 3. The Morgan fingerprint density at radius 3 is 3.00 bits per heavy atom. The molecule has 0 unspecified atom stereocenters. The fourth-order valence-electron chi connectivity index (χ4n) is 0.951. The van der Waals surface area contributed by atoms with Crippen molar-refractivity contribution in [3.63, 3.8) is 0 Å². The van der Waals surface area contributed by atoms with Gasteiger partial charge in [-0.2, -0.15) is 0 Å². The van der Waals surface area contributed by atoms with Gasteiger partial charge in [0, 0.05) is 25.9 Å². The van der Waals surface area contributed by atoms with Gasteiger partial charge < -0.3 is 10.6 Å². The molecule has 0 bridgehead atoms. The minimum atomic E-state index is -0.226. The van der Waals surface area contributed by atoms with Crippen LogP contribution in [0.1, 0.15) is 5.56 Å². The highest BCUT2D eigenvalue weighted by atomic mass is 16.2. The van der Waals surface area contributed by atoms with E-state index in [0.717, 1.165) is 5.56 Å². The van der Waals surface area contributed by atoms with Crippen LogP contribution in [0.25, 0.3) is 0 Å². The second-order valence-electron chi connectivity index (χ2n) is 3.26. The van der Waals surface area contributed by atoms with Gasteiger partial charge >= 0.3 is 6.03 Å². The third-order valence-corrected chi connectivity index (χ3v) is 1.74. The lowest BCUT2D eigenvalue weighted by molar-refractivity contribution is 0.230. The van der Waals surface area contributed by atoms with Crippen LogP contribution < -0.4 is 11.1 Å². The molecule has 1 heterocycles. The van der Waals surface area contributed by atoms with E-state index in [1.165, 1.54) is 4.90 Å². The third kappa shape index (κ3) is 3.59. The highest BCUT2D eigenvalue weighted by Gasteiger charge is 2.04. The van der Waals surface area contributed by atoms with Crippen molar-refractivity contribution in [1.82, 2.24) is 9.88 Å². The van der Waals surface area contributed by atoms with Crippen molar-refractivity contribution in [1.29, 1.82) is 0 Å².